The van der Waals surface area contributed by atoms with Gasteiger partial charge in [0.1, 0.15) is 0 Å². The van der Waals surface area contributed by atoms with E-state index in [1.807, 2.05) is 0 Å². The number of rotatable bonds is 10. The predicted molar refractivity (Wildman–Crippen MR) is 90.6 cm³/mol. The van der Waals surface area contributed by atoms with Crippen LogP contribution in [0.5, 0.6) is 0 Å². The molecule has 1 atom stereocenters. The van der Waals surface area contributed by atoms with Crippen LogP contribution in [-0.4, -0.2) is 24.4 Å². The summed E-state index contributed by atoms with van der Waals surface area (Å²) >= 11 is 0. The molecule has 2 N–H and O–H groups in total. The minimum Gasteiger partial charge on any atom is -0.352 e. The molecule has 0 aromatic carbocycles. The Morgan fingerprint density at radius 1 is 1.00 bits per heavy atom. The average molecular weight is 310 g/mol. The van der Waals surface area contributed by atoms with Crippen LogP contribution < -0.4 is 10.6 Å². The monoisotopic (exact) mass is 310 g/mol. The first kappa shape index (κ1) is 19.0. The van der Waals surface area contributed by atoms with Crippen molar-refractivity contribution in [3.8, 4) is 0 Å². The highest BCUT2D eigenvalue weighted by atomic mass is 16.2. The molecule has 4 heteroatoms. The molecule has 1 fully saturated rings. The molecule has 0 aliphatic heterocycles. The standard InChI is InChI=1S/C18H34N2O2/c1-3-4-5-6-10-13-17(21)19-14-18(22)20-15(2)16-11-8-7-9-12-16/h15-16H,3-14H2,1-2H3,(H,19,21)(H,20,22)/t15-/m0/s1. The fourth-order valence-corrected chi connectivity index (χ4v) is 3.21. The van der Waals surface area contributed by atoms with Crippen molar-refractivity contribution in [2.75, 3.05) is 6.54 Å². The maximum atomic E-state index is 11.9. The molecule has 128 valence electrons. The first-order chi connectivity index (χ1) is 10.6. The van der Waals surface area contributed by atoms with E-state index >= 15 is 0 Å². The van der Waals surface area contributed by atoms with Crippen molar-refractivity contribution >= 4 is 11.8 Å². The molecule has 0 spiro atoms. The Labute approximate surface area is 135 Å². The minimum atomic E-state index is -0.0580. The van der Waals surface area contributed by atoms with Gasteiger partial charge < -0.3 is 10.6 Å². The minimum absolute atomic E-state index is 0.00281. The fraction of sp³-hybridized carbons (Fsp3) is 0.889. The van der Waals surface area contributed by atoms with Gasteiger partial charge in [-0.2, -0.15) is 0 Å². The molecule has 0 saturated heterocycles. The van der Waals surface area contributed by atoms with Gasteiger partial charge in [-0.05, 0) is 32.1 Å². The van der Waals surface area contributed by atoms with Gasteiger partial charge in [0.15, 0.2) is 0 Å². The molecule has 0 bridgehead atoms. The van der Waals surface area contributed by atoms with Crippen molar-refractivity contribution in [1.82, 2.24) is 10.6 Å². The van der Waals surface area contributed by atoms with Crippen LogP contribution >= 0.6 is 0 Å². The van der Waals surface area contributed by atoms with E-state index < -0.39 is 0 Å². The second kappa shape index (κ2) is 11.5. The van der Waals surface area contributed by atoms with E-state index in [-0.39, 0.29) is 24.4 Å². The smallest absolute Gasteiger partial charge is 0.239 e. The summed E-state index contributed by atoms with van der Waals surface area (Å²) in [5.74, 6) is 0.543. The number of hydrogen-bond donors (Lipinski definition) is 2. The topological polar surface area (TPSA) is 58.2 Å². The summed E-state index contributed by atoms with van der Waals surface area (Å²) < 4.78 is 0. The zero-order valence-electron chi connectivity index (χ0n) is 14.5. The highest BCUT2D eigenvalue weighted by Crippen LogP contribution is 2.26. The Balaban J connectivity index is 2.07. The Bertz CT molecular complexity index is 325. The molecule has 0 radical (unpaired) electrons. The van der Waals surface area contributed by atoms with Crippen molar-refractivity contribution in [3.63, 3.8) is 0 Å². The lowest BCUT2D eigenvalue weighted by molar-refractivity contribution is -0.126. The van der Waals surface area contributed by atoms with Crippen LogP contribution in [0.15, 0.2) is 0 Å². The molecule has 4 nitrogen and oxygen atoms in total. The van der Waals surface area contributed by atoms with E-state index in [1.165, 1.54) is 51.4 Å². The summed E-state index contributed by atoms with van der Waals surface area (Å²) in [5.41, 5.74) is 0. The van der Waals surface area contributed by atoms with E-state index in [1.54, 1.807) is 0 Å². The van der Waals surface area contributed by atoms with Crippen molar-refractivity contribution in [2.45, 2.75) is 90.5 Å². The third-order valence-corrected chi connectivity index (χ3v) is 4.70. The van der Waals surface area contributed by atoms with Gasteiger partial charge in [0.05, 0.1) is 6.54 Å². The van der Waals surface area contributed by atoms with E-state index in [4.69, 9.17) is 0 Å². The number of hydrogen-bond acceptors (Lipinski definition) is 2. The maximum absolute atomic E-state index is 11.9. The van der Waals surface area contributed by atoms with E-state index in [2.05, 4.69) is 24.5 Å². The van der Waals surface area contributed by atoms with Gasteiger partial charge in [-0.3, -0.25) is 9.59 Å². The number of nitrogens with one attached hydrogen (secondary N) is 2. The van der Waals surface area contributed by atoms with Gasteiger partial charge >= 0.3 is 0 Å². The summed E-state index contributed by atoms with van der Waals surface area (Å²) in [6.07, 6.45) is 12.5. The number of unbranched alkanes of at least 4 members (excludes halogenated alkanes) is 4. The maximum Gasteiger partial charge on any atom is 0.239 e. The van der Waals surface area contributed by atoms with Crippen molar-refractivity contribution in [2.24, 2.45) is 5.92 Å². The number of carbonyl (C=O) groups excluding carboxylic acids is 2. The first-order valence-electron chi connectivity index (χ1n) is 9.19. The molecule has 1 saturated carbocycles. The highest BCUT2D eigenvalue weighted by molar-refractivity contribution is 5.84. The molecule has 22 heavy (non-hydrogen) atoms. The van der Waals surface area contributed by atoms with Gasteiger partial charge in [-0.25, -0.2) is 0 Å². The summed E-state index contributed by atoms with van der Waals surface area (Å²) in [7, 11) is 0. The lowest BCUT2D eigenvalue weighted by atomic mass is 9.84. The van der Waals surface area contributed by atoms with Crippen LogP contribution in [-0.2, 0) is 9.59 Å². The van der Waals surface area contributed by atoms with Crippen LogP contribution in [0.25, 0.3) is 0 Å². The highest BCUT2D eigenvalue weighted by Gasteiger charge is 2.21. The van der Waals surface area contributed by atoms with Crippen molar-refractivity contribution in [1.29, 1.82) is 0 Å². The third kappa shape index (κ3) is 8.40. The van der Waals surface area contributed by atoms with Gasteiger partial charge in [0.2, 0.25) is 11.8 Å². The van der Waals surface area contributed by atoms with Crippen LogP contribution in [0.1, 0.15) is 84.5 Å². The normalized spacial score (nSPS) is 17.0. The first-order valence-corrected chi connectivity index (χ1v) is 9.19. The number of amides is 2. The number of carbonyl (C=O) groups is 2. The fourth-order valence-electron chi connectivity index (χ4n) is 3.21. The lowest BCUT2D eigenvalue weighted by Gasteiger charge is -2.28. The Hall–Kier alpha value is -1.06. The molecule has 2 amide bonds. The molecule has 0 aromatic rings. The zero-order valence-corrected chi connectivity index (χ0v) is 14.5. The van der Waals surface area contributed by atoms with Gasteiger partial charge in [-0.1, -0.05) is 51.9 Å². The Morgan fingerprint density at radius 2 is 1.68 bits per heavy atom. The molecule has 1 aliphatic carbocycles. The van der Waals surface area contributed by atoms with Gasteiger partial charge in [-0.15, -0.1) is 0 Å². The summed E-state index contributed by atoms with van der Waals surface area (Å²) in [6, 6.07) is 0.221. The Kier molecular flexibility index (Phi) is 9.93. The van der Waals surface area contributed by atoms with Crippen LogP contribution in [0.4, 0.5) is 0 Å². The molecular weight excluding hydrogens is 276 g/mol. The van der Waals surface area contributed by atoms with Crippen LogP contribution in [0.3, 0.4) is 0 Å². The van der Waals surface area contributed by atoms with E-state index in [0.717, 1.165) is 12.8 Å². The van der Waals surface area contributed by atoms with Crippen molar-refractivity contribution in [3.05, 3.63) is 0 Å². The van der Waals surface area contributed by atoms with E-state index in [9.17, 15) is 9.59 Å². The van der Waals surface area contributed by atoms with Crippen LogP contribution in [0, 0.1) is 5.92 Å². The SMILES string of the molecule is CCCCCCCC(=O)NCC(=O)N[C@@H](C)C1CCCCC1. The molecule has 0 aromatic heterocycles. The van der Waals surface area contributed by atoms with Gasteiger partial charge in [0, 0.05) is 12.5 Å². The largest absolute Gasteiger partial charge is 0.352 e. The molecular formula is C18H34N2O2. The second-order valence-electron chi connectivity index (χ2n) is 6.70. The van der Waals surface area contributed by atoms with Crippen molar-refractivity contribution < 1.29 is 9.59 Å². The molecule has 1 aliphatic rings. The summed E-state index contributed by atoms with van der Waals surface area (Å²) in [6.45, 7) is 4.38. The zero-order chi connectivity index (χ0) is 16.2. The lowest BCUT2D eigenvalue weighted by Crippen LogP contribution is -2.44. The summed E-state index contributed by atoms with van der Waals surface area (Å²) in [4.78, 5) is 23.6. The molecule has 0 unspecified atom stereocenters. The summed E-state index contributed by atoms with van der Waals surface area (Å²) in [5, 5.41) is 5.77. The predicted octanol–water partition coefficient (Wildman–Crippen LogP) is 3.55. The Morgan fingerprint density at radius 3 is 2.36 bits per heavy atom. The molecule has 1 rings (SSSR count). The van der Waals surface area contributed by atoms with Gasteiger partial charge in [0.25, 0.3) is 0 Å². The second-order valence-corrected chi connectivity index (χ2v) is 6.70. The third-order valence-electron chi connectivity index (χ3n) is 4.70. The molecule has 0 heterocycles. The van der Waals surface area contributed by atoms with E-state index in [0.29, 0.717) is 12.3 Å². The quantitative estimate of drug-likeness (QED) is 0.606. The average Bonchev–Trinajstić information content (AvgIpc) is 2.53. The van der Waals surface area contributed by atoms with Crippen LogP contribution in [0.2, 0.25) is 0 Å².